The lowest BCUT2D eigenvalue weighted by Gasteiger charge is -2.26. The lowest BCUT2D eigenvalue weighted by molar-refractivity contribution is 0.102. The molecule has 4 aromatic rings. The Hall–Kier alpha value is -3.07. The molecule has 1 amide bonds. The molecule has 5 rings (SSSR count). The molecule has 2 aromatic carbocycles. The van der Waals surface area contributed by atoms with Gasteiger partial charge in [-0.1, -0.05) is 36.8 Å². The molecule has 0 unspecified atom stereocenters. The summed E-state index contributed by atoms with van der Waals surface area (Å²) in [5, 5.41) is 5.61. The van der Waals surface area contributed by atoms with Gasteiger partial charge in [-0.25, -0.2) is 13.4 Å². The van der Waals surface area contributed by atoms with Crippen molar-refractivity contribution in [1.82, 2.24) is 9.29 Å². The van der Waals surface area contributed by atoms with E-state index < -0.39 is 10.0 Å². The summed E-state index contributed by atoms with van der Waals surface area (Å²) in [6.07, 6.45) is 2.80. The van der Waals surface area contributed by atoms with Gasteiger partial charge >= 0.3 is 0 Å². The molecule has 0 bridgehead atoms. The second-order valence-corrected chi connectivity index (χ2v) is 10.9. The maximum absolute atomic E-state index is 13.3. The maximum Gasteiger partial charge on any atom is 0.256 e. The molecule has 33 heavy (non-hydrogen) atoms. The van der Waals surface area contributed by atoms with E-state index >= 15 is 0 Å². The van der Waals surface area contributed by atoms with Crippen molar-refractivity contribution in [2.24, 2.45) is 0 Å². The Morgan fingerprint density at radius 2 is 1.76 bits per heavy atom. The lowest BCUT2D eigenvalue weighted by atomic mass is 10.1. The summed E-state index contributed by atoms with van der Waals surface area (Å²) in [6, 6.07) is 19.7. The quantitative estimate of drug-likeness (QED) is 0.418. The van der Waals surface area contributed by atoms with E-state index in [0.29, 0.717) is 24.3 Å². The van der Waals surface area contributed by atoms with E-state index in [1.807, 2.05) is 41.8 Å². The molecule has 2 aromatic heterocycles. The number of benzene rings is 2. The highest BCUT2D eigenvalue weighted by molar-refractivity contribution is 7.89. The van der Waals surface area contributed by atoms with Crippen molar-refractivity contribution in [1.29, 1.82) is 0 Å². The Bertz CT molecular complexity index is 1410. The number of hydrogen-bond donors (Lipinski definition) is 1. The van der Waals surface area contributed by atoms with Crippen LogP contribution in [0.5, 0.6) is 0 Å². The Morgan fingerprint density at radius 3 is 2.55 bits per heavy atom. The smallest absolute Gasteiger partial charge is 0.256 e. The van der Waals surface area contributed by atoms with Crippen molar-refractivity contribution in [3.05, 3.63) is 77.7 Å². The fourth-order valence-corrected chi connectivity index (χ4v) is 6.35. The Kier molecular flexibility index (Phi) is 5.97. The number of piperidine rings is 1. The molecule has 6 nitrogen and oxygen atoms in total. The number of hydrogen-bond acceptors (Lipinski definition) is 5. The van der Waals surface area contributed by atoms with Gasteiger partial charge in [-0.2, -0.15) is 4.31 Å². The zero-order valence-electron chi connectivity index (χ0n) is 17.9. The molecular weight excluding hydrogens is 454 g/mol. The molecule has 0 aliphatic carbocycles. The second kappa shape index (κ2) is 9.05. The van der Waals surface area contributed by atoms with E-state index in [4.69, 9.17) is 4.98 Å². The Morgan fingerprint density at radius 1 is 0.939 bits per heavy atom. The largest absolute Gasteiger partial charge is 0.322 e. The summed E-state index contributed by atoms with van der Waals surface area (Å²) in [6.45, 7) is 1.07. The predicted molar refractivity (Wildman–Crippen MR) is 132 cm³/mol. The molecule has 0 atom stereocenters. The fourth-order valence-electron chi connectivity index (χ4n) is 4.10. The summed E-state index contributed by atoms with van der Waals surface area (Å²) >= 11 is 1.56. The number of nitrogens with one attached hydrogen (secondary N) is 1. The van der Waals surface area contributed by atoms with Crippen molar-refractivity contribution in [2.75, 3.05) is 18.4 Å². The van der Waals surface area contributed by atoms with Crippen LogP contribution in [0.25, 0.3) is 21.5 Å². The van der Waals surface area contributed by atoms with Crippen LogP contribution in [-0.2, 0) is 10.0 Å². The summed E-state index contributed by atoms with van der Waals surface area (Å²) in [4.78, 5) is 19.2. The number of carbonyl (C=O) groups excluding carboxylic acids is 1. The van der Waals surface area contributed by atoms with Crippen molar-refractivity contribution in [3.63, 3.8) is 0 Å². The number of anilines is 1. The topological polar surface area (TPSA) is 79.4 Å². The first-order chi connectivity index (χ1) is 16.0. The van der Waals surface area contributed by atoms with Gasteiger partial charge in [0, 0.05) is 24.2 Å². The molecule has 3 heterocycles. The second-order valence-electron chi connectivity index (χ2n) is 8.00. The highest BCUT2D eigenvalue weighted by Gasteiger charge is 2.26. The Balaban J connectivity index is 1.47. The van der Waals surface area contributed by atoms with Gasteiger partial charge in [0.15, 0.2) is 0 Å². The number of pyridine rings is 1. The minimum atomic E-state index is -3.58. The van der Waals surface area contributed by atoms with Gasteiger partial charge in [0.2, 0.25) is 10.0 Å². The number of carbonyl (C=O) groups is 1. The SMILES string of the molecule is O=C(Nc1cccc(S(=O)(=O)N2CCCCC2)c1)c1cc(-c2cccs2)nc2ccccc12. The van der Waals surface area contributed by atoms with Crippen LogP contribution in [0.4, 0.5) is 5.69 Å². The molecule has 1 aliphatic rings. The standard InChI is InChI=1S/C25H23N3O3S2/c29-25(21-17-23(24-12-7-15-32-24)27-22-11-3-2-10-20(21)22)26-18-8-6-9-19(16-18)33(30,31)28-13-4-1-5-14-28/h2-3,6-12,15-17H,1,4-5,13-14H2,(H,26,29). The Labute approximate surface area is 197 Å². The van der Waals surface area contributed by atoms with E-state index in [1.54, 1.807) is 35.6 Å². The van der Waals surface area contributed by atoms with Crippen molar-refractivity contribution in [2.45, 2.75) is 24.2 Å². The van der Waals surface area contributed by atoms with E-state index in [9.17, 15) is 13.2 Å². The number of fused-ring (bicyclic) bond motifs is 1. The predicted octanol–water partition coefficient (Wildman–Crippen LogP) is 5.39. The average Bonchev–Trinajstić information content (AvgIpc) is 3.39. The molecule has 0 spiro atoms. The number of sulfonamides is 1. The van der Waals surface area contributed by atoms with E-state index in [0.717, 1.165) is 40.7 Å². The summed E-state index contributed by atoms with van der Waals surface area (Å²) in [7, 11) is -3.58. The number of nitrogens with zero attached hydrogens (tertiary/aromatic N) is 2. The number of rotatable bonds is 5. The van der Waals surface area contributed by atoms with Crippen LogP contribution in [0.3, 0.4) is 0 Å². The fraction of sp³-hybridized carbons (Fsp3) is 0.200. The lowest BCUT2D eigenvalue weighted by Crippen LogP contribution is -2.35. The van der Waals surface area contributed by atoms with Gasteiger partial charge in [-0.05, 0) is 54.6 Å². The molecule has 8 heteroatoms. The summed E-state index contributed by atoms with van der Waals surface area (Å²) in [5.74, 6) is -0.307. The van der Waals surface area contributed by atoms with Gasteiger partial charge in [0.1, 0.15) is 0 Å². The average molecular weight is 478 g/mol. The maximum atomic E-state index is 13.3. The monoisotopic (exact) mass is 477 g/mol. The number of aromatic nitrogens is 1. The van der Waals surface area contributed by atoms with Crippen LogP contribution < -0.4 is 5.32 Å². The summed E-state index contributed by atoms with van der Waals surface area (Å²) in [5.41, 5.74) is 2.40. The molecular formula is C25H23N3O3S2. The van der Waals surface area contributed by atoms with Crippen LogP contribution in [0.1, 0.15) is 29.6 Å². The molecule has 1 saturated heterocycles. The normalized spacial score (nSPS) is 14.9. The van der Waals surface area contributed by atoms with Gasteiger partial charge in [-0.15, -0.1) is 11.3 Å². The van der Waals surface area contributed by atoms with Crippen molar-refractivity contribution in [3.8, 4) is 10.6 Å². The highest BCUT2D eigenvalue weighted by Crippen LogP contribution is 2.29. The molecule has 0 saturated carbocycles. The summed E-state index contributed by atoms with van der Waals surface area (Å²) < 4.78 is 27.6. The third-order valence-corrected chi connectivity index (χ3v) is 8.57. The van der Waals surface area contributed by atoms with Gasteiger partial charge in [-0.3, -0.25) is 4.79 Å². The first-order valence-electron chi connectivity index (χ1n) is 10.9. The van der Waals surface area contributed by atoms with Crippen LogP contribution in [0, 0.1) is 0 Å². The van der Waals surface area contributed by atoms with Crippen molar-refractivity contribution >= 4 is 43.9 Å². The molecule has 1 fully saturated rings. The molecule has 1 N–H and O–H groups in total. The van der Waals surface area contributed by atoms with E-state index in [2.05, 4.69) is 5.32 Å². The molecule has 1 aliphatic heterocycles. The number of amides is 1. The minimum absolute atomic E-state index is 0.195. The molecule has 0 radical (unpaired) electrons. The van der Waals surface area contributed by atoms with E-state index in [1.165, 1.54) is 10.4 Å². The van der Waals surface area contributed by atoms with Gasteiger partial charge in [0.25, 0.3) is 5.91 Å². The van der Waals surface area contributed by atoms with Crippen LogP contribution >= 0.6 is 11.3 Å². The minimum Gasteiger partial charge on any atom is -0.322 e. The van der Waals surface area contributed by atoms with E-state index in [-0.39, 0.29) is 10.8 Å². The number of thiophene rings is 1. The van der Waals surface area contributed by atoms with Crippen LogP contribution in [0.15, 0.2) is 77.0 Å². The van der Waals surface area contributed by atoms with Crippen molar-refractivity contribution < 1.29 is 13.2 Å². The zero-order valence-corrected chi connectivity index (χ0v) is 19.5. The van der Waals surface area contributed by atoms with Gasteiger partial charge < -0.3 is 5.32 Å². The van der Waals surface area contributed by atoms with Crippen LogP contribution in [-0.4, -0.2) is 36.7 Å². The third kappa shape index (κ3) is 4.42. The first-order valence-corrected chi connectivity index (χ1v) is 13.2. The number of para-hydroxylation sites is 1. The zero-order chi connectivity index (χ0) is 22.8. The third-order valence-electron chi connectivity index (χ3n) is 5.78. The first kappa shape index (κ1) is 21.8. The van der Waals surface area contributed by atoms with Gasteiger partial charge in [0.05, 0.1) is 26.5 Å². The molecule has 168 valence electrons. The highest BCUT2D eigenvalue weighted by atomic mass is 32.2. The van der Waals surface area contributed by atoms with Crippen LogP contribution in [0.2, 0.25) is 0 Å².